The summed E-state index contributed by atoms with van der Waals surface area (Å²) in [6, 6.07) is 6.35. The summed E-state index contributed by atoms with van der Waals surface area (Å²) in [7, 11) is -0.958. The van der Waals surface area contributed by atoms with Crippen LogP contribution in [0.15, 0.2) is 47.6 Å². The number of sulfonamides is 1. The van der Waals surface area contributed by atoms with Crippen LogP contribution in [0.1, 0.15) is 10.4 Å². The summed E-state index contributed by atoms with van der Waals surface area (Å²) in [5, 5.41) is 13.4. The predicted molar refractivity (Wildman–Crippen MR) is 96.6 cm³/mol. The van der Waals surface area contributed by atoms with Crippen LogP contribution >= 0.6 is 11.6 Å². The fourth-order valence-corrected chi connectivity index (χ4v) is 3.01. The number of carbonyl (C=O) groups is 2. The molecule has 1 aromatic carbocycles. The van der Waals surface area contributed by atoms with Crippen LogP contribution in [0.25, 0.3) is 0 Å². The van der Waals surface area contributed by atoms with E-state index in [-0.39, 0.29) is 21.2 Å². The van der Waals surface area contributed by atoms with E-state index in [0.29, 0.717) is 4.73 Å². The van der Waals surface area contributed by atoms with Crippen molar-refractivity contribution in [2.24, 2.45) is 0 Å². The molecule has 2 aromatic rings. The van der Waals surface area contributed by atoms with Crippen LogP contribution in [0.5, 0.6) is 0 Å². The fourth-order valence-electron chi connectivity index (χ4n) is 1.92. The molecule has 144 valence electrons. The van der Waals surface area contributed by atoms with Gasteiger partial charge in [-0.15, -0.1) is 0 Å². The van der Waals surface area contributed by atoms with E-state index in [1.165, 1.54) is 44.4 Å². The molecule has 0 aliphatic carbocycles. The Hall–Kier alpha value is -2.69. The minimum atomic E-state index is -3.71. The smallest absolute Gasteiger partial charge is 0.339 e. The molecular formula is C16H16ClN3O6S. The van der Waals surface area contributed by atoms with Crippen molar-refractivity contribution in [3.8, 4) is 0 Å². The van der Waals surface area contributed by atoms with E-state index in [9.17, 15) is 23.2 Å². The third-order valence-corrected chi connectivity index (χ3v) is 5.50. The summed E-state index contributed by atoms with van der Waals surface area (Å²) in [4.78, 5) is 23.7. The standard InChI is InChI=1S/C16H16ClN3O6S/c1-19(2)27(24,25)12-3-4-13(17)14(9-12)18-15(21)10-26-16(22)11-5-7-20(23)8-6-11/h3-9H,10H2,1-2H3,(H,18,21). The van der Waals surface area contributed by atoms with Gasteiger partial charge in [0.25, 0.3) is 5.91 Å². The van der Waals surface area contributed by atoms with Crippen molar-refractivity contribution in [3.63, 3.8) is 0 Å². The lowest BCUT2D eigenvalue weighted by molar-refractivity contribution is -0.605. The molecule has 27 heavy (non-hydrogen) atoms. The van der Waals surface area contributed by atoms with Gasteiger partial charge in [0, 0.05) is 26.2 Å². The van der Waals surface area contributed by atoms with Gasteiger partial charge in [-0.05, 0) is 18.2 Å². The first-order valence-electron chi connectivity index (χ1n) is 7.49. The number of amides is 1. The van der Waals surface area contributed by atoms with E-state index in [0.717, 1.165) is 16.7 Å². The Morgan fingerprint density at radius 2 is 1.85 bits per heavy atom. The van der Waals surface area contributed by atoms with Crippen LogP contribution in [0.2, 0.25) is 5.02 Å². The Bertz CT molecular complexity index is 961. The maximum Gasteiger partial charge on any atom is 0.339 e. The summed E-state index contributed by atoms with van der Waals surface area (Å²) < 4.78 is 30.7. The van der Waals surface area contributed by atoms with Gasteiger partial charge in [0.05, 0.1) is 21.2 Å². The third kappa shape index (κ3) is 5.16. The van der Waals surface area contributed by atoms with Crippen molar-refractivity contribution in [2.75, 3.05) is 26.0 Å². The van der Waals surface area contributed by atoms with Crippen molar-refractivity contribution < 1.29 is 27.5 Å². The van der Waals surface area contributed by atoms with Crippen molar-refractivity contribution in [1.29, 1.82) is 0 Å². The molecular weight excluding hydrogens is 398 g/mol. The first kappa shape index (κ1) is 20.6. The average molecular weight is 414 g/mol. The van der Waals surface area contributed by atoms with Gasteiger partial charge in [0.2, 0.25) is 10.0 Å². The maximum absolute atomic E-state index is 12.2. The first-order chi connectivity index (χ1) is 12.6. The van der Waals surface area contributed by atoms with E-state index in [1.807, 2.05) is 0 Å². The normalized spacial score (nSPS) is 11.3. The number of anilines is 1. The van der Waals surface area contributed by atoms with Crippen LogP contribution in [-0.4, -0.2) is 45.3 Å². The molecule has 9 nitrogen and oxygen atoms in total. The van der Waals surface area contributed by atoms with Crippen LogP contribution in [0.4, 0.5) is 5.69 Å². The van der Waals surface area contributed by atoms with Crippen LogP contribution in [0.3, 0.4) is 0 Å². The number of aromatic nitrogens is 1. The minimum Gasteiger partial charge on any atom is -0.619 e. The number of halogens is 1. The highest BCUT2D eigenvalue weighted by molar-refractivity contribution is 7.89. The Morgan fingerprint density at radius 3 is 2.44 bits per heavy atom. The molecule has 0 unspecified atom stereocenters. The Morgan fingerprint density at radius 1 is 1.22 bits per heavy atom. The summed E-state index contributed by atoms with van der Waals surface area (Å²) in [6.45, 7) is -0.619. The van der Waals surface area contributed by atoms with E-state index in [2.05, 4.69) is 5.32 Å². The number of hydrogen-bond acceptors (Lipinski definition) is 6. The molecule has 0 saturated carbocycles. The maximum atomic E-state index is 12.2. The van der Waals surface area contributed by atoms with Gasteiger partial charge in [0.15, 0.2) is 19.0 Å². The third-order valence-electron chi connectivity index (χ3n) is 3.36. The largest absolute Gasteiger partial charge is 0.619 e. The number of rotatable bonds is 6. The fraction of sp³-hybridized carbons (Fsp3) is 0.188. The molecule has 11 heteroatoms. The number of ether oxygens (including phenoxy) is 1. The van der Waals surface area contributed by atoms with Crippen molar-refractivity contribution in [3.05, 3.63) is 58.5 Å². The zero-order valence-corrected chi connectivity index (χ0v) is 16.0. The highest BCUT2D eigenvalue weighted by atomic mass is 35.5. The van der Waals surface area contributed by atoms with Gasteiger partial charge in [-0.3, -0.25) is 4.79 Å². The van der Waals surface area contributed by atoms with E-state index in [4.69, 9.17) is 16.3 Å². The summed E-state index contributed by atoms with van der Waals surface area (Å²) in [6.07, 6.45) is 2.24. The van der Waals surface area contributed by atoms with Gasteiger partial charge in [-0.2, -0.15) is 4.73 Å². The first-order valence-corrected chi connectivity index (χ1v) is 9.31. The molecule has 1 aromatic heterocycles. The second-order valence-corrected chi connectivity index (χ2v) is 8.06. The number of pyridine rings is 1. The summed E-state index contributed by atoms with van der Waals surface area (Å²) in [5.41, 5.74) is 0.166. The molecule has 0 spiro atoms. The topological polar surface area (TPSA) is 120 Å². The number of nitrogens with zero attached hydrogens (tertiary/aromatic N) is 2. The van der Waals surface area contributed by atoms with Gasteiger partial charge in [0.1, 0.15) is 0 Å². The van der Waals surface area contributed by atoms with E-state index >= 15 is 0 Å². The highest BCUT2D eigenvalue weighted by Gasteiger charge is 2.19. The second kappa shape index (κ2) is 8.33. The molecule has 0 atom stereocenters. The zero-order valence-electron chi connectivity index (χ0n) is 14.4. The molecule has 1 heterocycles. The lowest BCUT2D eigenvalue weighted by atomic mass is 10.3. The van der Waals surface area contributed by atoms with Crippen LogP contribution in [0, 0.1) is 5.21 Å². The van der Waals surface area contributed by atoms with Gasteiger partial charge in [-0.25, -0.2) is 17.5 Å². The predicted octanol–water partition coefficient (Wildman–Crippen LogP) is 1.02. The van der Waals surface area contributed by atoms with Crippen LogP contribution < -0.4 is 10.0 Å². The number of nitrogens with one attached hydrogen (secondary N) is 1. The lowest BCUT2D eigenvalue weighted by Crippen LogP contribution is -2.25. The number of benzene rings is 1. The van der Waals surface area contributed by atoms with E-state index < -0.39 is 28.5 Å². The number of esters is 1. The zero-order chi connectivity index (χ0) is 20.2. The molecule has 0 aliphatic heterocycles. The SMILES string of the molecule is CN(C)S(=O)(=O)c1ccc(Cl)c(NC(=O)COC(=O)c2cc[n+]([O-])cc2)c1. The van der Waals surface area contributed by atoms with Crippen molar-refractivity contribution in [2.45, 2.75) is 4.90 Å². The van der Waals surface area contributed by atoms with E-state index in [1.54, 1.807) is 0 Å². The van der Waals surface area contributed by atoms with Gasteiger partial charge >= 0.3 is 5.97 Å². The van der Waals surface area contributed by atoms with Gasteiger partial charge < -0.3 is 15.3 Å². The average Bonchev–Trinajstić information content (AvgIpc) is 2.61. The molecule has 1 N–H and O–H groups in total. The van der Waals surface area contributed by atoms with Crippen molar-refractivity contribution >= 4 is 39.2 Å². The quantitative estimate of drug-likeness (QED) is 0.429. The Kier molecular flexibility index (Phi) is 6.37. The van der Waals surface area contributed by atoms with Crippen LogP contribution in [-0.2, 0) is 19.6 Å². The molecule has 0 bridgehead atoms. The minimum absolute atomic E-state index is 0.0561. The highest BCUT2D eigenvalue weighted by Crippen LogP contribution is 2.26. The lowest BCUT2D eigenvalue weighted by Gasteiger charge is -2.14. The summed E-state index contributed by atoms with van der Waals surface area (Å²) in [5.74, 6) is -1.50. The van der Waals surface area contributed by atoms with Gasteiger partial charge in [-0.1, -0.05) is 11.6 Å². The number of carbonyl (C=O) groups excluding carboxylic acids is 2. The molecule has 0 saturated heterocycles. The summed E-state index contributed by atoms with van der Waals surface area (Å²) >= 11 is 5.98. The Labute approximate surface area is 160 Å². The monoisotopic (exact) mass is 413 g/mol. The molecule has 2 rings (SSSR count). The number of hydrogen-bond donors (Lipinski definition) is 1. The Balaban J connectivity index is 2.05. The van der Waals surface area contributed by atoms with Crippen molar-refractivity contribution in [1.82, 2.24) is 4.31 Å². The second-order valence-electron chi connectivity index (χ2n) is 5.50. The molecule has 0 fully saturated rings. The molecule has 0 aliphatic rings. The molecule has 0 radical (unpaired) electrons. The molecule has 1 amide bonds.